The molecule has 0 radical (unpaired) electrons. The summed E-state index contributed by atoms with van der Waals surface area (Å²) < 4.78 is 11.8. The molecular formula is C24H20N4O2. The Kier molecular flexibility index (Phi) is 3.94. The summed E-state index contributed by atoms with van der Waals surface area (Å²) >= 11 is 0. The van der Waals surface area contributed by atoms with Crippen molar-refractivity contribution in [3.05, 3.63) is 71.2 Å². The van der Waals surface area contributed by atoms with Gasteiger partial charge in [-0.25, -0.2) is 0 Å². The van der Waals surface area contributed by atoms with Crippen LogP contribution in [0.2, 0.25) is 0 Å². The van der Waals surface area contributed by atoms with Crippen molar-refractivity contribution in [1.82, 2.24) is 10.6 Å². The third-order valence-corrected chi connectivity index (χ3v) is 5.36. The van der Waals surface area contributed by atoms with E-state index in [1.54, 1.807) is 0 Å². The average molecular weight is 396 g/mol. The number of fused-ring (bicyclic) bond motifs is 2. The van der Waals surface area contributed by atoms with Gasteiger partial charge in [-0.1, -0.05) is 24.3 Å². The van der Waals surface area contributed by atoms with Gasteiger partial charge in [0.15, 0.2) is 23.2 Å². The van der Waals surface area contributed by atoms with Crippen LogP contribution in [0.4, 0.5) is 0 Å². The minimum atomic E-state index is 0.797. The molecule has 0 saturated heterocycles. The number of nitrogens with zero attached hydrogens (tertiary/aromatic N) is 2. The normalized spacial score (nSPS) is 16.3. The number of hydrogen-bond acceptors (Lipinski definition) is 6. The van der Waals surface area contributed by atoms with E-state index in [-0.39, 0.29) is 0 Å². The number of amidine groups is 2. The topological polar surface area (TPSA) is 75.1 Å². The Bertz CT molecular complexity index is 1250. The summed E-state index contributed by atoms with van der Waals surface area (Å²) in [6, 6.07) is 16.5. The van der Waals surface area contributed by atoms with E-state index in [4.69, 9.17) is 8.83 Å². The van der Waals surface area contributed by atoms with Gasteiger partial charge in [0.2, 0.25) is 0 Å². The van der Waals surface area contributed by atoms with Crippen LogP contribution < -0.4 is 10.6 Å². The molecule has 0 bridgehead atoms. The summed E-state index contributed by atoms with van der Waals surface area (Å²) in [4.78, 5) is 8.86. The average Bonchev–Trinajstić information content (AvgIpc) is 3.55. The van der Waals surface area contributed by atoms with E-state index in [0.29, 0.717) is 0 Å². The van der Waals surface area contributed by atoms with E-state index in [2.05, 4.69) is 57.0 Å². The number of aliphatic imine (C=N–C) groups is 2. The maximum absolute atomic E-state index is 5.92. The predicted octanol–water partition coefficient (Wildman–Crippen LogP) is 4.05. The quantitative estimate of drug-likeness (QED) is 0.511. The Morgan fingerprint density at radius 1 is 0.667 bits per heavy atom. The zero-order valence-corrected chi connectivity index (χ0v) is 16.3. The number of nitrogens with one attached hydrogen (secondary N) is 2. The van der Waals surface area contributed by atoms with Crippen LogP contribution in [0.3, 0.4) is 0 Å². The zero-order valence-electron chi connectivity index (χ0n) is 16.3. The summed E-state index contributed by atoms with van der Waals surface area (Å²) in [5.74, 6) is 3.28. The molecular weight excluding hydrogens is 376 g/mol. The van der Waals surface area contributed by atoms with Crippen LogP contribution in [0, 0.1) is 0 Å². The minimum Gasteiger partial charge on any atom is -0.453 e. The molecule has 30 heavy (non-hydrogen) atoms. The van der Waals surface area contributed by atoms with Crippen LogP contribution in [-0.4, -0.2) is 37.9 Å². The van der Waals surface area contributed by atoms with Gasteiger partial charge in [0.1, 0.15) is 11.2 Å². The summed E-state index contributed by atoms with van der Waals surface area (Å²) in [6.07, 6.45) is 4.23. The van der Waals surface area contributed by atoms with Crippen LogP contribution in [-0.2, 0) is 0 Å². The molecule has 6 nitrogen and oxygen atoms in total. The monoisotopic (exact) mass is 396 g/mol. The molecule has 0 atom stereocenters. The molecule has 0 amide bonds. The van der Waals surface area contributed by atoms with E-state index in [0.717, 1.165) is 82.4 Å². The van der Waals surface area contributed by atoms with Gasteiger partial charge < -0.3 is 19.5 Å². The largest absolute Gasteiger partial charge is 0.453 e. The Labute approximate surface area is 173 Å². The van der Waals surface area contributed by atoms with Gasteiger partial charge in [-0.3, -0.25) is 9.98 Å². The van der Waals surface area contributed by atoms with Crippen molar-refractivity contribution >= 4 is 45.8 Å². The molecule has 0 fully saturated rings. The van der Waals surface area contributed by atoms with Crippen LogP contribution in [0.1, 0.15) is 22.6 Å². The van der Waals surface area contributed by atoms with Gasteiger partial charge in [0.05, 0.1) is 13.1 Å². The first kappa shape index (κ1) is 17.1. The van der Waals surface area contributed by atoms with Crippen molar-refractivity contribution in [2.75, 3.05) is 26.2 Å². The number of benzene rings is 2. The summed E-state index contributed by atoms with van der Waals surface area (Å²) in [6.45, 7) is 3.34. The van der Waals surface area contributed by atoms with E-state index in [9.17, 15) is 0 Å². The van der Waals surface area contributed by atoms with Crippen molar-refractivity contribution in [3.63, 3.8) is 0 Å². The summed E-state index contributed by atoms with van der Waals surface area (Å²) in [5, 5.41) is 8.65. The highest BCUT2D eigenvalue weighted by Gasteiger charge is 2.14. The summed E-state index contributed by atoms with van der Waals surface area (Å²) in [7, 11) is 0. The number of rotatable bonds is 4. The van der Waals surface area contributed by atoms with Crippen molar-refractivity contribution in [2.24, 2.45) is 9.98 Å². The molecule has 148 valence electrons. The fraction of sp³-hybridized carbons (Fsp3) is 0.167. The third kappa shape index (κ3) is 3.06. The Morgan fingerprint density at radius 2 is 1.17 bits per heavy atom. The molecule has 0 saturated carbocycles. The van der Waals surface area contributed by atoms with Gasteiger partial charge in [-0.15, -0.1) is 0 Å². The lowest BCUT2D eigenvalue weighted by atomic mass is 10.1. The molecule has 0 spiro atoms. The van der Waals surface area contributed by atoms with Gasteiger partial charge >= 0.3 is 0 Å². The Balaban J connectivity index is 1.27. The van der Waals surface area contributed by atoms with Crippen molar-refractivity contribution in [1.29, 1.82) is 0 Å². The standard InChI is InChI=1S/C24H20N4O2/c1(15-3-5-19-17(11-15)13-21(29-19)23-25-7-8-26-23)2-16-4-6-20-18(12-16)14-22(30-20)24-27-9-10-28-24/h1-6,11-14H,7-10H2,(H,25,26)(H,27,28). The first-order valence-corrected chi connectivity index (χ1v) is 10.1. The molecule has 0 aliphatic carbocycles. The highest BCUT2D eigenvalue weighted by Crippen LogP contribution is 2.25. The van der Waals surface area contributed by atoms with Gasteiger partial charge in [0, 0.05) is 23.9 Å². The molecule has 2 aliphatic heterocycles. The van der Waals surface area contributed by atoms with Crippen molar-refractivity contribution < 1.29 is 8.83 Å². The Hall–Kier alpha value is -3.80. The molecule has 2 aliphatic rings. The molecule has 6 rings (SSSR count). The number of hydrogen-bond donors (Lipinski definition) is 2. The SMILES string of the molecule is C(=Cc1ccc2oc(C3=NCCN3)cc2c1)c1ccc2oc(C3=NCCN3)cc2c1. The molecule has 6 heteroatoms. The maximum atomic E-state index is 5.92. The van der Waals surface area contributed by atoms with E-state index < -0.39 is 0 Å². The molecule has 4 heterocycles. The summed E-state index contributed by atoms with van der Waals surface area (Å²) in [5.41, 5.74) is 3.98. The highest BCUT2D eigenvalue weighted by molar-refractivity contribution is 6.01. The van der Waals surface area contributed by atoms with E-state index in [1.165, 1.54) is 0 Å². The van der Waals surface area contributed by atoms with Gasteiger partial charge in [0.25, 0.3) is 0 Å². The van der Waals surface area contributed by atoms with Crippen LogP contribution in [0.5, 0.6) is 0 Å². The third-order valence-electron chi connectivity index (χ3n) is 5.36. The highest BCUT2D eigenvalue weighted by atomic mass is 16.3. The van der Waals surface area contributed by atoms with E-state index >= 15 is 0 Å². The maximum Gasteiger partial charge on any atom is 0.170 e. The van der Waals surface area contributed by atoms with Crippen LogP contribution >= 0.6 is 0 Å². The Morgan fingerprint density at radius 3 is 1.60 bits per heavy atom. The molecule has 4 aromatic rings. The molecule has 0 unspecified atom stereocenters. The van der Waals surface area contributed by atoms with Crippen molar-refractivity contribution in [3.8, 4) is 0 Å². The van der Waals surface area contributed by atoms with E-state index in [1.807, 2.05) is 24.3 Å². The fourth-order valence-corrected chi connectivity index (χ4v) is 3.88. The second kappa shape index (κ2) is 6.91. The lowest BCUT2D eigenvalue weighted by molar-refractivity contribution is 0.601. The first-order valence-electron chi connectivity index (χ1n) is 10.1. The predicted molar refractivity (Wildman–Crippen MR) is 120 cm³/mol. The fourth-order valence-electron chi connectivity index (χ4n) is 3.88. The van der Waals surface area contributed by atoms with Crippen molar-refractivity contribution in [2.45, 2.75) is 0 Å². The van der Waals surface area contributed by atoms with Gasteiger partial charge in [-0.05, 0) is 47.5 Å². The molecule has 2 N–H and O–H groups in total. The second-order valence-corrected chi connectivity index (χ2v) is 7.46. The van der Waals surface area contributed by atoms with Crippen LogP contribution in [0.15, 0.2) is 67.4 Å². The smallest absolute Gasteiger partial charge is 0.170 e. The molecule has 2 aromatic heterocycles. The first-order chi connectivity index (χ1) is 14.8. The minimum absolute atomic E-state index is 0.797. The zero-order chi connectivity index (χ0) is 19.9. The lowest BCUT2D eigenvalue weighted by Crippen LogP contribution is -2.18. The number of furan rings is 2. The van der Waals surface area contributed by atoms with Crippen LogP contribution in [0.25, 0.3) is 34.1 Å². The molecule has 2 aromatic carbocycles. The second-order valence-electron chi connectivity index (χ2n) is 7.46. The lowest BCUT2D eigenvalue weighted by Gasteiger charge is -1.96. The van der Waals surface area contributed by atoms with Gasteiger partial charge in [-0.2, -0.15) is 0 Å².